The Hall–Kier alpha value is -2.94. The van der Waals surface area contributed by atoms with Gasteiger partial charge in [0.05, 0.1) is 19.8 Å². The minimum atomic E-state index is -0.133. The molecule has 2 aromatic rings. The fourth-order valence-corrected chi connectivity index (χ4v) is 2.89. The summed E-state index contributed by atoms with van der Waals surface area (Å²) in [6.07, 6.45) is 0. The van der Waals surface area contributed by atoms with E-state index in [0.717, 1.165) is 37.7 Å². The fraction of sp³-hybridized carbons (Fsp3) is 0.474. The SMILES string of the molecule is Cc1nc(N(C)C)nc(N(C)CC(=O)Nc2ccc(N3CCOCC3)cc2)n1. The van der Waals surface area contributed by atoms with Crippen LogP contribution in [0.2, 0.25) is 0 Å². The summed E-state index contributed by atoms with van der Waals surface area (Å²) in [4.78, 5) is 31.2. The predicted octanol–water partition coefficient (Wildman–Crippen LogP) is 1.16. The van der Waals surface area contributed by atoms with Crippen LogP contribution in [0, 0.1) is 6.92 Å². The third kappa shape index (κ3) is 5.07. The number of nitrogens with zero attached hydrogens (tertiary/aromatic N) is 6. The molecule has 1 aliphatic heterocycles. The number of carbonyl (C=O) groups is 1. The molecule has 0 unspecified atom stereocenters. The summed E-state index contributed by atoms with van der Waals surface area (Å²) in [5.74, 6) is 1.51. The lowest BCUT2D eigenvalue weighted by Gasteiger charge is -2.28. The highest BCUT2D eigenvalue weighted by Gasteiger charge is 2.14. The van der Waals surface area contributed by atoms with Crippen LogP contribution in [0.5, 0.6) is 0 Å². The predicted molar refractivity (Wildman–Crippen MR) is 110 cm³/mol. The third-order valence-electron chi connectivity index (χ3n) is 4.37. The molecule has 1 saturated heterocycles. The maximum Gasteiger partial charge on any atom is 0.243 e. The molecule has 0 bridgehead atoms. The maximum absolute atomic E-state index is 12.4. The molecule has 9 heteroatoms. The average Bonchev–Trinajstić information content (AvgIpc) is 2.68. The van der Waals surface area contributed by atoms with Gasteiger partial charge < -0.3 is 24.8 Å². The Labute approximate surface area is 165 Å². The lowest BCUT2D eigenvalue weighted by atomic mass is 10.2. The first-order valence-corrected chi connectivity index (χ1v) is 9.26. The van der Waals surface area contributed by atoms with Crippen molar-refractivity contribution in [1.29, 1.82) is 0 Å². The fourth-order valence-electron chi connectivity index (χ4n) is 2.89. The number of nitrogens with one attached hydrogen (secondary N) is 1. The summed E-state index contributed by atoms with van der Waals surface area (Å²) in [6.45, 7) is 5.21. The number of aryl methyl sites for hydroxylation is 1. The van der Waals surface area contributed by atoms with Crippen LogP contribution in [0.3, 0.4) is 0 Å². The van der Waals surface area contributed by atoms with Crippen LogP contribution in [-0.2, 0) is 9.53 Å². The number of hydrogen-bond acceptors (Lipinski definition) is 8. The van der Waals surface area contributed by atoms with Crippen molar-refractivity contribution in [3.63, 3.8) is 0 Å². The van der Waals surface area contributed by atoms with E-state index in [1.807, 2.05) is 50.2 Å². The van der Waals surface area contributed by atoms with Crippen LogP contribution in [-0.4, -0.2) is 74.9 Å². The van der Waals surface area contributed by atoms with Crippen molar-refractivity contribution in [2.45, 2.75) is 6.92 Å². The van der Waals surface area contributed by atoms with E-state index in [1.54, 1.807) is 11.9 Å². The van der Waals surface area contributed by atoms with Crippen molar-refractivity contribution < 1.29 is 9.53 Å². The summed E-state index contributed by atoms with van der Waals surface area (Å²) in [6, 6.07) is 7.87. The Morgan fingerprint density at radius 1 is 1.07 bits per heavy atom. The Morgan fingerprint density at radius 2 is 1.71 bits per heavy atom. The molecule has 1 amide bonds. The molecule has 28 heavy (non-hydrogen) atoms. The second kappa shape index (κ2) is 8.83. The standard InChI is InChI=1S/C19H27N7O2/c1-14-20-18(24(2)3)23-19(21-14)25(4)13-17(27)22-15-5-7-16(8-6-15)26-9-11-28-12-10-26/h5-8H,9-13H2,1-4H3,(H,22,27). The number of likely N-dealkylation sites (N-methyl/N-ethyl adjacent to an activating group) is 1. The number of morpholine rings is 1. The molecule has 0 radical (unpaired) electrons. The van der Waals surface area contributed by atoms with Gasteiger partial charge in [0.2, 0.25) is 17.8 Å². The molecular formula is C19H27N7O2. The molecule has 0 atom stereocenters. The number of amides is 1. The first kappa shape index (κ1) is 19.8. The van der Waals surface area contributed by atoms with Crippen LogP contribution in [0.4, 0.5) is 23.3 Å². The highest BCUT2D eigenvalue weighted by atomic mass is 16.5. The summed E-state index contributed by atoms with van der Waals surface area (Å²) in [5.41, 5.74) is 1.89. The van der Waals surface area contributed by atoms with Gasteiger partial charge in [-0.2, -0.15) is 15.0 Å². The summed E-state index contributed by atoms with van der Waals surface area (Å²) in [7, 11) is 5.52. The van der Waals surface area contributed by atoms with E-state index in [4.69, 9.17) is 4.74 Å². The zero-order valence-electron chi connectivity index (χ0n) is 16.8. The zero-order valence-corrected chi connectivity index (χ0v) is 16.8. The molecule has 0 aliphatic carbocycles. The molecular weight excluding hydrogens is 358 g/mol. The van der Waals surface area contributed by atoms with Crippen LogP contribution in [0.25, 0.3) is 0 Å². The molecule has 0 saturated carbocycles. The Kier molecular flexibility index (Phi) is 6.25. The van der Waals surface area contributed by atoms with Gasteiger partial charge >= 0.3 is 0 Å². The molecule has 2 heterocycles. The first-order chi connectivity index (χ1) is 13.4. The van der Waals surface area contributed by atoms with E-state index in [0.29, 0.717) is 17.7 Å². The topological polar surface area (TPSA) is 86.7 Å². The average molecular weight is 385 g/mol. The van der Waals surface area contributed by atoms with E-state index >= 15 is 0 Å². The van der Waals surface area contributed by atoms with Crippen molar-refractivity contribution in [3.05, 3.63) is 30.1 Å². The Morgan fingerprint density at radius 3 is 2.36 bits per heavy atom. The van der Waals surface area contributed by atoms with Crippen LogP contribution in [0.15, 0.2) is 24.3 Å². The van der Waals surface area contributed by atoms with Gasteiger partial charge in [0, 0.05) is 45.6 Å². The summed E-state index contributed by atoms with van der Waals surface area (Å²) < 4.78 is 5.38. The quantitative estimate of drug-likeness (QED) is 0.793. The maximum atomic E-state index is 12.4. The van der Waals surface area contributed by atoms with Crippen molar-refractivity contribution >= 4 is 29.2 Å². The van der Waals surface area contributed by atoms with Crippen LogP contribution >= 0.6 is 0 Å². The number of hydrogen-bond donors (Lipinski definition) is 1. The van der Waals surface area contributed by atoms with Gasteiger partial charge in [-0.3, -0.25) is 4.79 Å². The largest absolute Gasteiger partial charge is 0.378 e. The van der Waals surface area contributed by atoms with E-state index < -0.39 is 0 Å². The second-order valence-corrected chi connectivity index (χ2v) is 6.93. The molecule has 1 fully saturated rings. The summed E-state index contributed by atoms with van der Waals surface area (Å²) in [5, 5.41) is 2.92. The van der Waals surface area contributed by atoms with E-state index in [-0.39, 0.29) is 12.5 Å². The van der Waals surface area contributed by atoms with Crippen molar-refractivity contribution in [3.8, 4) is 0 Å². The lowest BCUT2D eigenvalue weighted by Crippen LogP contribution is -2.36. The molecule has 1 N–H and O–H groups in total. The van der Waals surface area contributed by atoms with Gasteiger partial charge in [0.1, 0.15) is 5.82 Å². The highest BCUT2D eigenvalue weighted by molar-refractivity contribution is 5.93. The number of ether oxygens (including phenoxy) is 1. The molecule has 0 spiro atoms. The molecule has 1 aromatic carbocycles. The minimum Gasteiger partial charge on any atom is -0.378 e. The zero-order chi connectivity index (χ0) is 20.1. The lowest BCUT2D eigenvalue weighted by molar-refractivity contribution is -0.114. The Bertz CT molecular complexity index is 804. The van der Waals surface area contributed by atoms with Gasteiger partial charge in [-0.1, -0.05) is 0 Å². The van der Waals surface area contributed by atoms with Gasteiger partial charge in [-0.25, -0.2) is 0 Å². The number of benzene rings is 1. The van der Waals surface area contributed by atoms with Crippen molar-refractivity contribution in [2.24, 2.45) is 0 Å². The minimum absolute atomic E-state index is 0.133. The van der Waals surface area contributed by atoms with E-state index in [1.165, 1.54) is 0 Å². The first-order valence-electron chi connectivity index (χ1n) is 9.26. The van der Waals surface area contributed by atoms with Gasteiger partial charge in [-0.05, 0) is 31.2 Å². The Balaban J connectivity index is 1.59. The van der Waals surface area contributed by atoms with Crippen molar-refractivity contribution in [1.82, 2.24) is 15.0 Å². The summed E-state index contributed by atoms with van der Waals surface area (Å²) >= 11 is 0. The molecule has 9 nitrogen and oxygen atoms in total. The normalized spacial score (nSPS) is 13.9. The number of anilines is 4. The number of rotatable bonds is 6. The van der Waals surface area contributed by atoms with Crippen LogP contribution in [0.1, 0.15) is 5.82 Å². The molecule has 1 aliphatic rings. The number of aromatic nitrogens is 3. The molecule has 150 valence electrons. The van der Waals surface area contributed by atoms with Crippen molar-refractivity contribution in [2.75, 3.05) is 74.0 Å². The van der Waals surface area contributed by atoms with E-state index in [9.17, 15) is 4.79 Å². The van der Waals surface area contributed by atoms with Crippen LogP contribution < -0.4 is 20.0 Å². The molecule has 3 rings (SSSR count). The second-order valence-electron chi connectivity index (χ2n) is 6.93. The van der Waals surface area contributed by atoms with Gasteiger partial charge in [-0.15, -0.1) is 0 Å². The highest BCUT2D eigenvalue weighted by Crippen LogP contribution is 2.19. The third-order valence-corrected chi connectivity index (χ3v) is 4.37. The van der Waals surface area contributed by atoms with Gasteiger partial charge in [0.15, 0.2) is 0 Å². The van der Waals surface area contributed by atoms with Gasteiger partial charge in [0.25, 0.3) is 0 Å². The number of carbonyl (C=O) groups excluding carboxylic acids is 1. The smallest absolute Gasteiger partial charge is 0.243 e. The van der Waals surface area contributed by atoms with E-state index in [2.05, 4.69) is 25.2 Å². The molecule has 1 aromatic heterocycles. The monoisotopic (exact) mass is 385 g/mol.